The third kappa shape index (κ3) is 2.22. The maximum atomic E-state index is 4.06. The Balaban J connectivity index is 2.22. The molecule has 0 spiro atoms. The summed E-state index contributed by atoms with van der Waals surface area (Å²) in [5, 5.41) is 8.88. The van der Waals surface area contributed by atoms with Gasteiger partial charge in [0.2, 0.25) is 0 Å². The van der Waals surface area contributed by atoms with Crippen LogP contribution in [-0.4, -0.2) is 23.3 Å². The predicted molar refractivity (Wildman–Crippen MR) is 68.9 cm³/mol. The third-order valence-corrected chi connectivity index (χ3v) is 3.34. The Morgan fingerprint density at radius 1 is 1.12 bits per heavy atom. The van der Waals surface area contributed by atoms with Crippen LogP contribution in [0, 0.1) is 0 Å². The highest BCUT2D eigenvalue weighted by molar-refractivity contribution is 7.12. The first kappa shape index (κ1) is 11.1. The first-order chi connectivity index (χ1) is 7.85. The zero-order valence-electron chi connectivity index (χ0n) is 9.55. The zero-order chi connectivity index (χ0) is 11.4. The van der Waals surface area contributed by atoms with Crippen LogP contribution < -0.4 is 4.90 Å². The van der Waals surface area contributed by atoms with Crippen molar-refractivity contribution in [3.63, 3.8) is 0 Å². The Kier molecular flexibility index (Phi) is 3.51. The second-order valence-corrected chi connectivity index (χ2v) is 4.30. The van der Waals surface area contributed by atoms with E-state index in [1.165, 1.54) is 5.69 Å². The number of anilines is 1. The fourth-order valence-corrected chi connectivity index (χ4v) is 2.26. The second kappa shape index (κ2) is 5.07. The minimum absolute atomic E-state index is 0.978. The van der Waals surface area contributed by atoms with E-state index in [-0.39, 0.29) is 0 Å². The van der Waals surface area contributed by atoms with Gasteiger partial charge in [0.05, 0.1) is 0 Å². The van der Waals surface area contributed by atoms with Gasteiger partial charge in [0.1, 0.15) is 10.5 Å². The van der Waals surface area contributed by atoms with Crippen molar-refractivity contribution < 1.29 is 0 Å². The molecule has 16 heavy (non-hydrogen) atoms. The van der Waals surface area contributed by atoms with Gasteiger partial charge < -0.3 is 4.90 Å². The van der Waals surface area contributed by atoms with Gasteiger partial charge in [-0.2, -0.15) is 0 Å². The van der Waals surface area contributed by atoms with Gasteiger partial charge in [0.25, 0.3) is 0 Å². The van der Waals surface area contributed by atoms with E-state index in [1.807, 2.05) is 0 Å². The lowest BCUT2D eigenvalue weighted by molar-refractivity contribution is 0.866. The van der Waals surface area contributed by atoms with Gasteiger partial charge in [-0.15, -0.1) is 10.2 Å². The first-order valence-electron chi connectivity index (χ1n) is 5.46. The Labute approximate surface area is 99.8 Å². The van der Waals surface area contributed by atoms with Gasteiger partial charge in [0, 0.05) is 24.3 Å². The van der Waals surface area contributed by atoms with Crippen LogP contribution >= 0.6 is 11.3 Å². The molecule has 0 aliphatic carbocycles. The van der Waals surface area contributed by atoms with Crippen molar-refractivity contribution in [2.45, 2.75) is 13.8 Å². The van der Waals surface area contributed by atoms with Crippen molar-refractivity contribution in [3.05, 3.63) is 29.8 Å². The average molecular weight is 233 g/mol. The van der Waals surface area contributed by atoms with E-state index in [9.17, 15) is 0 Å². The Morgan fingerprint density at radius 3 is 2.31 bits per heavy atom. The smallest absolute Gasteiger partial charge is 0.147 e. The molecule has 0 bridgehead atoms. The van der Waals surface area contributed by atoms with Gasteiger partial charge in [-0.1, -0.05) is 11.3 Å². The number of aromatic nitrogens is 2. The van der Waals surface area contributed by atoms with E-state index in [1.54, 1.807) is 16.8 Å². The summed E-state index contributed by atoms with van der Waals surface area (Å²) < 4.78 is 0. The van der Waals surface area contributed by atoms with Crippen LogP contribution in [0.4, 0.5) is 5.69 Å². The summed E-state index contributed by atoms with van der Waals surface area (Å²) in [5.74, 6) is 0. The van der Waals surface area contributed by atoms with Crippen LogP contribution in [0.2, 0.25) is 0 Å². The SMILES string of the molecule is CCN(CC)c1ccc(-c2nncs2)cc1. The van der Waals surface area contributed by atoms with Crippen LogP contribution in [0.15, 0.2) is 29.8 Å². The Morgan fingerprint density at radius 2 is 1.81 bits per heavy atom. The molecule has 0 unspecified atom stereocenters. The summed E-state index contributed by atoms with van der Waals surface area (Å²) >= 11 is 1.57. The molecule has 0 N–H and O–H groups in total. The highest BCUT2D eigenvalue weighted by Gasteiger charge is 2.04. The van der Waals surface area contributed by atoms with Crippen LogP contribution in [0.5, 0.6) is 0 Å². The van der Waals surface area contributed by atoms with Gasteiger partial charge in [-0.25, -0.2) is 0 Å². The quantitative estimate of drug-likeness (QED) is 0.812. The molecule has 0 amide bonds. The van der Waals surface area contributed by atoms with E-state index in [0.29, 0.717) is 0 Å². The number of hydrogen-bond acceptors (Lipinski definition) is 4. The molecule has 2 aromatic rings. The lowest BCUT2D eigenvalue weighted by Crippen LogP contribution is -2.21. The largest absolute Gasteiger partial charge is 0.372 e. The zero-order valence-corrected chi connectivity index (χ0v) is 10.4. The molecule has 4 heteroatoms. The molecule has 2 rings (SSSR count). The summed E-state index contributed by atoms with van der Waals surface area (Å²) in [5.41, 5.74) is 4.16. The second-order valence-electron chi connectivity index (χ2n) is 3.46. The van der Waals surface area contributed by atoms with Crippen molar-refractivity contribution >= 4 is 17.0 Å². The summed E-state index contributed by atoms with van der Waals surface area (Å²) in [6.45, 7) is 6.41. The summed E-state index contributed by atoms with van der Waals surface area (Å²) in [6, 6.07) is 8.50. The highest BCUT2D eigenvalue weighted by atomic mass is 32.1. The minimum atomic E-state index is 0.978. The van der Waals surface area contributed by atoms with E-state index >= 15 is 0 Å². The van der Waals surface area contributed by atoms with Crippen molar-refractivity contribution in [2.24, 2.45) is 0 Å². The summed E-state index contributed by atoms with van der Waals surface area (Å²) in [7, 11) is 0. The van der Waals surface area contributed by atoms with E-state index < -0.39 is 0 Å². The van der Waals surface area contributed by atoms with Crippen molar-refractivity contribution in [1.82, 2.24) is 10.2 Å². The molecule has 1 aromatic heterocycles. The summed E-state index contributed by atoms with van der Waals surface area (Å²) in [6.07, 6.45) is 0. The minimum Gasteiger partial charge on any atom is -0.372 e. The van der Waals surface area contributed by atoms with E-state index in [2.05, 4.69) is 53.2 Å². The molecule has 0 radical (unpaired) electrons. The maximum Gasteiger partial charge on any atom is 0.147 e. The van der Waals surface area contributed by atoms with Crippen molar-refractivity contribution in [1.29, 1.82) is 0 Å². The first-order valence-corrected chi connectivity index (χ1v) is 6.34. The van der Waals surface area contributed by atoms with Crippen LogP contribution in [0.3, 0.4) is 0 Å². The number of rotatable bonds is 4. The predicted octanol–water partition coefficient (Wildman–Crippen LogP) is 3.05. The van der Waals surface area contributed by atoms with Gasteiger partial charge in [-0.05, 0) is 38.1 Å². The maximum absolute atomic E-state index is 4.06. The molecule has 0 saturated carbocycles. The van der Waals surface area contributed by atoms with Crippen molar-refractivity contribution in [2.75, 3.05) is 18.0 Å². The van der Waals surface area contributed by atoms with E-state index in [0.717, 1.165) is 23.7 Å². The standard InChI is InChI=1S/C12H15N3S/c1-3-15(4-2)11-7-5-10(6-8-11)12-14-13-9-16-12/h5-9H,3-4H2,1-2H3. The van der Waals surface area contributed by atoms with Crippen LogP contribution in [-0.2, 0) is 0 Å². The molecule has 0 fully saturated rings. The Hall–Kier alpha value is -1.42. The topological polar surface area (TPSA) is 29.0 Å². The van der Waals surface area contributed by atoms with Crippen LogP contribution in [0.1, 0.15) is 13.8 Å². The van der Waals surface area contributed by atoms with Gasteiger partial charge >= 0.3 is 0 Å². The third-order valence-electron chi connectivity index (χ3n) is 2.60. The van der Waals surface area contributed by atoms with Crippen LogP contribution in [0.25, 0.3) is 10.6 Å². The lowest BCUT2D eigenvalue weighted by atomic mass is 10.2. The Bertz CT molecular complexity index is 418. The van der Waals surface area contributed by atoms with E-state index in [4.69, 9.17) is 0 Å². The molecule has 1 aromatic carbocycles. The number of benzene rings is 1. The molecule has 0 aliphatic heterocycles. The van der Waals surface area contributed by atoms with Gasteiger partial charge in [-0.3, -0.25) is 0 Å². The number of hydrogen-bond donors (Lipinski definition) is 0. The molecule has 0 atom stereocenters. The molecule has 3 nitrogen and oxygen atoms in total. The molecule has 0 aliphatic rings. The monoisotopic (exact) mass is 233 g/mol. The molecule has 1 heterocycles. The fraction of sp³-hybridized carbons (Fsp3) is 0.333. The molecule has 0 saturated heterocycles. The molecule has 84 valence electrons. The lowest BCUT2D eigenvalue weighted by Gasteiger charge is -2.20. The van der Waals surface area contributed by atoms with Gasteiger partial charge in [0.15, 0.2) is 0 Å². The molecular weight excluding hydrogens is 218 g/mol. The fourth-order valence-electron chi connectivity index (χ4n) is 1.70. The normalized spacial score (nSPS) is 10.4. The number of nitrogens with zero attached hydrogens (tertiary/aromatic N) is 3. The summed E-state index contributed by atoms with van der Waals surface area (Å²) in [4.78, 5) is 2.32. The average Bonchev–Trinajstić information content (AvgIpc) is 2.85. The molecular formula is C12H15N3S. The van der Waals surface area contributed by atoms with Crippen molar-refractivity contribution in [3.8, 4) is 10.6 Å². The highest BCUT2D eigenvalue weighted by Crippen LogP contribution is 2.23.